The number of carbonyl (C=O) groups is 2. The van der Waals surface area contributed by atoms with Crippen LogP contribution < -0.4 is 4.90 Å². The van der Waals surface area contributed by atoms with Crippen LogP contribution in [0.25, 0.3) is 0 Å². The third-order valence-electron chi connectivity index (χ3n) is 2.98. The van der Waals surface area contributed by atoms with Crippen LogP contribution in [0.1, 0.15) is 23.2 Å². The summed E-state index contributed by atoms with van der Waals surface area (Å²) in [7, 11) is 3.42. The topological polar surface area (TPSA) is 53.5 Å². The van der Waals surface area contributed by atoms with Gasteiger partial charge in [0, 0.05) is 33.3 Å². The maximum absolute atomic E-state index is 11.7. The summed E-state index contributed by atoms with van der Waals surface area (Å²) in [6.45, 7) is 1.27. The number of rotatable bonds is 2. The minimum Gasteiger partial charge on any atom is -0.349 e. The molecule has 0 unspecified atom stereocenters. The van der Waals surface area contributed by atoms with E-state index in [2.05, 4.69) is 4.98 Å². The van der Waals surface area contributed by atoms with Crippen LogP contribution in [0.15, 0.2) is 18.3 Å². The van der Waals surface area contributed by atoms with Crippen molar-refractivity contribution in [2.24, 2.45) is 0 Å². The van der Waals surface area contributed by atoms with Crippen LogP contribution in [0.2, 0.25) is 0 Å². The number of Topliss-reactive ketones (excluding diaryl/α,β-unsaturated/α-hetero) is 1. The highest BCUT2D eigenvalue weighted by molar-refractivity contribution is 5.93. The van der Waals surface area contributed by atoms with Gasteiger partial charge in [-0.2, -0.15) is 0 Å². The van der Waals surface area contributed by atoms with Gasteiger partial charge in [-0.1, -0.05) is 0 Å². The smallest absolute Gasteiger partial charge is 0.254 e. The fourth-order valence-corrected chi connectivity index (χ4v) is 1.99. The fraction of sp³-hybridized carbons (Fsp3) is 0.462. The average molecular weight is 247 g/mol. The Bertz CT molecular complexity index is 454. The first-order chi connectivity index (χ1) is 8.58. The Morgan fingerprint density at radius 3 is 2.72 bits per heavy atom. The number of nitrogens with zero attached hydrogens (tertiary/aromatic N) is 3. The Morgan fingerprint density at radius 1 is 1.39 bits per heavy atom. The van der Waals surface area contributed by atoms with Crippen LogP contribution in [0.3, 0.4) is 0 Å². The molecule has 0 N–H and O–H groups in total. The Balaban J connectivity index is 2.12. The molecule has 0 bridgehead atoms. The fourth-order valence-electron chi connectivity index (χ4n) is 1.99. The zero-order valence-electron chi connectivity index (χ0n) is 10.7. The van der Waals surface area contributed by atoms with Gasteiger partial charge in [-0.05, 0) is 18.6 Å². The molecule has 1 amide bonds. The van der Waals surface area contributed by atoms with Gasteiger partial charge in [0.05, 0.1) is 12.1 Å². The monoisotopic (exact) mass is 247 g/mol. The molecule has 0 aromatic carbocycles. The summed E-state index contributed by atoms with van der Waals surface area (Å²) in [5.74, 6) is 0.943. The quantitative estimate of drug-likeness (QED) is 0.781. The second kappa shape index (κ2) is 5.16. The summed E-state index contributed by atoms with van der Waals surface area (Å²) in [5.41, 5.74) is 0.562. The molecule has 1 fully saturated rings. The van der Waals surface area contributed by atoms with Crippen LogP contribution in [0.5, 0.6) is 0 Å². The molecule has 1 aromatic heterocycles. The molecule has 0 radical (unpaired) electrons. The van der Waals surface area contributed by atoms with Gasteiger partial charge in [-0.15, -0.1) is 0 Å². The number of amides is 1. The first-order valence-electron chi connectivity index (χ1n) is 6.02. The van der Waals surface area contributed by atoms with Crippen molar-refractivity contribution in [2.75, 3.05) is 32.1 Å². The van der Waals surface area contributed by atoms with Crippen molar-refractivity contribution in [1.82, 2.24) is 9.88 Å². The summed E-state index contributed by atoms with van der Waals surface area (Å²) >= 11 is 0. The van der Waals surface area contributed by atoms with Gasteiger partial charge in [0.15, 0.2) is 5.78 Å². The molecule has 1 aliphatic heterocycles. The minimum atomic E-state index is -0.0660. The van der Waals surface area contributed by atoms with E-state index in [0.29, 0.717) is 18.5 Å². The Morgan fingerprint density at radius 2 is 2.17 bits per heavy atom. The SMILES string of the molecule is CN(C)C(=O)c1ccc(N2CCCC(=O)C2)nc1. The van der Waals surface area contributed by atoms with Crippen LogP contribution in [-0.2, 0) is 4.79 Å². The van der Waals surface area contributed by atoms with E-state index in [-0.39, 0.29) is 11.7 Å². The number of hydrogen-bond donors (Lipinski definition) is 0. The summed E-state index contributed by atoms with van der Waals surface area (Å²) in [6, 6.07) is 3.55. The van der Waals surface area contributed by atoms with Gasteiger partial charge >= 0.3 is 0 Å². The molecule has 18 heavy (non-hydrogen) atoms. The molecule has 2 rings (SSSR count). The molecule has 0 aliphatic carbocycles. The predicted octanol–water partition coefficient (Wildman–Crippen LogP) is 0.953. The zero-order valence-corrected chi connectivity index (χ0v) is 10.7. The van der Waals surface area contributed by atoms with Crippen LogP contribution in [-0.4, -0.2) is 48.8 Å². The molecule has 0 atom stereocenters. The molecule has 2 heterocycles. The number of carbonyl (C=O) groups excluding carboxylic acids is 2. The van der Waals surface area contributed by atoms with E-state index in [1.807, 2.05) is 4.90 Å². The van der Waals surface area contributed by atoms with Crippen LogP contribution >= 0.6 is 0 Å². The molecular weight excluding hydrogens is 230 g/mol. The summed E-state index contributed by atoms with van der Waals surface area (Å²) in [4.78, 5) is 30.8. The second-order valence-corrected chi connectivity index (χ2v) is 4.67. The highest BCUT2D eigenvalue weighted by atomic mass is 16.2. The lowest BCUT2D eigenvalue weighted by Crippen LogP contribution is -2.36. The lowest BCUT2D eigenvalue weighted by atomic mass is 10.1. The first kappa shape index (κ1) is 12.5. The molecular formula is C13H17N3O2. The maximum Gasteiger partial charge on any atom is 0.254 e. The van der Waals surface area contributed by atoms with E-state index in [9.17, 15) is 9.59 Å². The van der Waals surface area contributed by atoms with E-state index >= 15 is 0 Å². The van der Waals surface area contributed by atoms with Gasteiger partial charge in [-0.25, -0.2) is 4.98 Å². The normalized spacial score (nSPS) is 15.7. The third kappa shape index (κ3) is 2.67. The van der Waals surface area contributed by atoms with Gasteiger partial charge in [-0.3, -0.25) is 9.59 Å². The highest BCUT2D eigenvalue weighted by Crippen LogP contribution is 2.16. The highest BCUT2D eigenvalue weighted by Gasteiger charge is 2.18. The van der Waals surface area contributed by atoms with E-state index in [0.717, 1.165) is 18.8 Å². The number of pyridine rings is 1. The van der Waals surface area contributed by atoms with E-state index in [1.165, 1.54) is 4.90 Å². The molecule has 0 spiro atoms. The second-order valence-electron chi connectivity index (χ2n) is 4.67. The largest absolute Gasteiger partial charge is 0.349 e. The zero-order chi connectivity index (χ0) is 13.1. The van der Waals surface area contributed by atoms with Crippen LogP contribution in [0, 0.1) is 0 Å². The standard InChI is InChI=1S/C13H17N3O2/c1-15(2)13(18)10-5-6-12(14-8-10)16-7-3-4-11(17)9-16/h5-6,8H,3-4,7,9H2,1-2H3. The summed E-state index contributed by atoms with van der Waals surface area (Å²) in [6.07, 6.45) is 3.10. The first-order valence-corrected chi connectivity index (χ1v) is 6.02. The summed E-state index contributed by atoms with van der Waals surface area (Å²) < 4.78 is 0. The van der Waals surface area contributed by atoms with Gasteiger partial charge in [0.25, 0.3) is 5.91 Å². The van der Waals surface area contributed by atoms with Crippen molar-refractivity contribution in [1.29, 1.82) is 0 Å². The molecule has 1 aliphatic rings. The Kier molecular flexibility index (Phi) is 3.60. The van der Waals surface area contributed by atoms with E-state index in [1.54, 1.807) is 32.4 Å². The van der Waals surface area contributed by atoms with Crippen molar-refractivity contribution >= 4 is 17.5 Å². The number of hydrogen-bond acceptors (Lipinski definition) is 4. The molecule has 96 valence electrons. The van der Waals surface area contributed by atoms with Crippen molar-refractivity contribution in [3.05, 3.63) is 23.9 Å². The third-order valence-corrected chi connectivity index (χ3v) is 2.98. The van der Waals surface area contributed by atoms with Crippen molar-refractivity contribution < 1.29 is 9.59 Å². The van der Waals surface area contributed by atoms with E-state index < -0.39 is 0 Å². The predicted molar refractivity (Wildman–Crippen MR) is 68.7 cm³/mol. The van der Waals surface area contributed by atoms with Crippen molar-refractivity contribution in [2.45, 2.75) is 12.8 Å². The molecule has 5 nitrogen and oxygen atoms in total. The Labute approximate surface area is 106 Å². The van der Waals surface area contributed by atoms with Crippen molar-refractivity contribution in [3.8, 4) is 0 Å². The molecule has 0 saturated carbocycles. The maximum atomic E-state index is 11.7. The van der Waals surface area contributed by atoms with Crippen molar-refractivity contribution in [3.63, 3.8) is 0 Å². The number of anilines is 1. The lowest BCUT2D eigenvalue weighted by molar-refractivity contribution is -0.118. The van der Waals surface area contributed by atoms with Gasteiger partial charge in [0.1, 0.15) is 5.82 Å². The van der Waals surface area contributed by atoms with E-state index in [4.69, 9.17) is 0 Å². The summed E-state index contributed by atoms with van der Waals surface area (Å²) in [5, 5.41) is 0. The lowest BCUT2D eigenvalue weighted by Gasteiger charge is -2.26. The van der Waals surface area contributed by atoms with Crippen LogP contribution in [0.4, 0.5) is 5.82 Å². The molecule has 5 heteroatoms. The number of ketones is 1. The Hall–Kier alpha value is -1.91. The van der Waals surface area contributed by atoms with Gasteiger partial charge in [0.2, 0.25) is 0 Å². The minimum absolute atomic E-state index is 0.0660. The average Bonchev–Trinajstić information content (AvgIpc) is 2.38. The van der Waals surface area contributed by atoms with Gasteiger partial charge < -0.3 is 9.80 Å². The molecule has 1 aromatic rings. The molecule has 1 saturated heterocycles. The number of aromatic nitrogens is 1. The number of piperidine rings is 1.